The molecule has 3 nitrogen and oxygen atoms in total. The summed E-state index contributed by atoms with van der Waals surface area (Å²) in [5.74, 6) is 0. The zero-order chi connectivity index (χ0) is 13.9. The lowest BCUT2D eigenvalue weighted by atomic mass is 10.2. The number of halogens is 2. The van der Waals surface area contributed by atoms with E-state index in [4.69, 9.17) is 11.6 Å². The number of benzene rings is 1. The predicted octanol–water partition coefficient (Wildman–Crippen LogP) is 3.82. The van der Waals surface area contributed by atoms with Gasteiger partial charge in [-0.1, -0.05) is 23.7 Å². The highest BCUT2D eigenvalue weighted by atomic mass is 79.9. The van der Waals surface area contributed by atoms with Crippen molar-refractivity contribution in [3.05, 3.63) is 52.2 Å². The number of rotatable bonds is 2. The average Bonchev–Trinajstić information content (AvgIpc) is 2.49. The Kier molecular flexibility index (Phi) is 4.13. The smallest absolute Gasteiger partial charge is 0.0639 e. The summed E-state index contributed by atoms with van der Waals surface area (Å²) in [4.78, 5) is 8.83. The summed E-state index contributed by atoms with van der Waals surface area (Å²) in [5, 5.41) is 0.825. The van der Waals surface area contributed by atoms with Gasteiger partial charge in [0.1, 0.15) is 0 Å². The Hall–Kier alpha value is -1.26. The van der Waals surface area contributed by atoms with Crippen LogP contribution in [0.25, 0.3) is 0 Å². The van der Waals surface area contributed by atoms with Crippen LogP contribution >= 0.6 is 27.5 Å². The van der Waals surface area contributed by atoms with E-state index in [1.54, 1.807) is 0 Å². The molecule has 0 bridgehead atoms. The number of para-hydroxylation sites is 1. The van der Waals surface area contributed by atoms with Gasteiger partial charge < -0.3 is 9.80 Å². The maximum absolute atomic E-state index is 6.27. The quantitative estimate of drug-likeness (QED) is 0.819. The SMILES string of the molecule is Clc1ccccc1N1CCN(c2ccncc2Br)CC1. The molecule has 5 heteroatoms. The minimum Gasteiger partial charge on any atom is -0.367 e. The zero-order valence-electron chi connectivity index (χ0n) is 11.0. The molecule has 1 aromatic carbocycles. The van der Waals surface area contributed by atoms with Gasteiger partial charge in [0.15, 0.2) is 0 Å². The lowest BCUT2D eigenvalue weighted by Gasteiger charge is -2.38. The molecule has 0 aliphatic carbocycles. The van der Waals surface area contributed by atoms with Crippen molar-refractivity contribution in [2.75, 3.05) is 36.0 Å². The number of anilines is 2. The van der Waals surface area contributed by atoms with Crippen LogP contribution < -0.4 is 9.80 Å². The second-order valence-electron chi connectivity index (χ2n) is 4.75. The van der Waals surface area contributed by atoms with Crippen molar-refractivity contribution < 1.29 is 0 Å². The highest BCUT2D eigenvalue weighted by molar-refractivity contribution is 9.10. The Labute approximate surface area is 132 Å². The maximum Gasteiger partial charge on any atom is 0.0639 e. The Morgan fingerprint density at radius 1 is 0.950 bits per heavy atom. The van der Waals surface area contributed by atoms with Gasteiger partial charge >= 0.3 is 0 Å². The highest BCUT2D eigenvalue weighted by Crippen LogP contribution is 2.29. The van der Waals surface area contributed by atoms with E-state index in [9.17, 15) is 0 Å². The average molecular weight is 353 g/mol. The Morgan fingerprint density at radius 2 is 1.60 bits per heavy atom. The molecule has 1 fully saturated rings. The van der Waals surface area contributed by atoms with Gasteiger partial charge in [0.25, 0.3) is 0 Å². The molecule has 1 aliphatic rings. The van der Waals surface area contributed by atoms with Gasteiger partial charge in [-0.3, -0.25) is 4.98 Å². The summed E-state index contributed by atoms with van der Waals surface area (Å²) in [5.41, 5.74) is 2.33. The molecule has 2 aromatic rings. The van der Waals surface area contributed by atoms with E-state index < -0.39 is 0 Å². The summed E-state index contributed by atoms with van der Waals surface area (Å²) in [6, 6.07) is 10.1. The van der Waals surface area contributed by atoms with Crippen LogP contribution in [0.3, 0.4) is 0 Å². The lowest BCUT2D eigenvalue weighted by Crippen LogP contribution is -2.46. The highest BCUT2D eigenvalue weighted by Gasteiger charge is 2.20. The van der Waals surface area contributed by atoms with Crippen molar-refractivity contribution in [1.82, 2.24) is 4.98 Å². The molecule has 0 radical (unpaired) electrons. The fraction of sp³-hybridized carbons (Fsp3) is 0.267. The number of piperazine rings is 1. The monoisotopic (exact) mass is 351 g/mol. The first-order valence-electron chi connectivity index (χ1n) is 6.59. The van der Waals surface area contributed by atoms with Crippen molar-refractivity contribution in [3.8, 4) is 0 Å². The van der Waals surface area contributed by atoms with Crippen molar-refractivity contribution >= 4 is 38.9 Å². The molecule has 0 spiro atoms. The van der Waals surface area contributed by atoms with Crippen LogP contribution in [0.15, 0.2) is 47.2 Å². The molecular weight excluding hydrogens is 338 g/mol. The number of hydrogen-bond donors (Lipinski definition) is 0. The van der Waals surface area contributed by atoms with Crippen molar-refractivity contribution in [2.45, 2.75) is 0 Å². The summed E-state index contributed by atoms with van der Waals surface area (Å²) in [7, 11) is 0. The van der Waals surface area contributed by atoms with Gasteiger partial charge in [-0.2, -0.15) is 0 Å². The van der Waals surface area contributed by atoms with Gasteiger partial charge in [0.2, 0.25) is 0 Å². The fourth-order valence-electron chi connectivity index (χ4n) is 2.52. The summed E-state index contributed by atoms with van der Waals surface area (Å²) >= 11 is 9.83. The Morgan fingerprint density at radius 3 is 2.25 bits per heavy atom. The molecule has 3 rings (SSSR count). The summed E-state index contributed by atoms with van der Waals surface area (Å²) in [6.45, 7) is 3.90. The second-order valence-corrected chi connectivity index (χ2v) is 6.01. The van der Waals surface area contributed by atoms with Crippen LogP contribution in [-0.4, -0.2) is 31.2 Å². The van der Waals surface area contributed by atoms with E-state index in [0.717, 1.165) is 41.4 Å². The molecule has 0 unspecified atom stereocenters. The van der Waals surface area contributed by atoms with Crippen LogP contribution in [0.2, 0.25) is 5.02 Å². The zero-order valence-corrected chi connectivity index (χ0v) is 13.3. The minimum atomic E-state index is 0.825. The lowest BCUT2D eigenvalue weighted by molar-refractivity contribution is 0.652. The van der Waals surface area contributed by atoms with Crippen molar-refractivity contribution in [2.24, 2.45) is 0 Å². The molecule has 104 valence electrons. The predicted molar refractivity (Wildman–Crippen MR) is 87.8 cm³/mol. The largest absolute Gasteiger partial charge is 0.367 e. The van der Waals surface area contributed by atoms with E-state index in [1.165, 1.54) is 5.69 Å². The molecule has 1 aromatic heterocycles. The standard InChI is InChI=1S/C15H15BrClN3/c16-12-11-18-6-5-14(12)19-7-9-20(10-8-19)15-4-2-1-3-13(15)17/h1-6,11H,7-10H2. The maximum atomic E-state index is 6.27. The third-order valence-electron chi connectivity index (χ3n) is 3.56. The van der Waals surface area contributed by atoms with E-state index in [0.29, 0.717) is 0 Å². The first-order chi connectivity index (χ1) is 9.75. The minimum absolute atomic E-state index is 0.825. The molecule has 1 saturated heterocycles. The molecule has 0 amide bonds. The molecule has 0 N–H and O–H groups in total. The van der Waals surface area contributed by atoms with Crippen LogP contribution in [-0.2, 0) is 0 Å². The first-order valence-corrected chi connectivity index (χ1v) is 7.77. The van der Waals surface area contributed by atoms with Crippen LogP contribution in [0.1, 0.15) is 0 Å². The molecular formula is C15H15BrClN3. The summed E-state index contributed by atoms with van der Waals surface area (Å²) < 4.78 is 1.05. The fourth-order valence-corrected chi connectivity index (χ4v) is 3.28. The Bertz CT molecular complexity index is 544. The molecule has 0 saturated carbocycles. The van der Waals surface area contributed by atoms with Gasteiger partial charge in [-0.15, -0.1) is 0 Å². The van der Waals surface area contributed by atoms with Crippen LogP contribution in [0.5, 0.6) is 0 Å². The van der Waals surface area contributed by atoms with Crippen LogP contribution in [0, 0.1) is 0 Å². The van der Waals surface area contributed by atoms with E-state index in [-0.39, 0.29) is 0 Å². The van der Waals surface area contributed by atoms with Gasteiger partial charge in [0.05, 0.1) is 20.9 Å². The van der Waals surface area contributed by atoms with Gasteiger partial charge in [-0.05, 0) is 34.1 Å². The van der Waals surface area contributed by atoms with E-state index in [2.05, 4.69) is 42.8 Å². The number of hydrogen-bond acceptors (Lipinski definition) is 3. The summed E-state index contributed by atoms with van der Waals surface area (Å²) in [6.07, 6.45) is 3.68. The van der Waals surface area contributed by atoms with Crippen molar-refractivity contribution in [1.29, 1.82) is 0 Å². The van der Waals surface area contributed by atoms with Crippen LogP contribution in [0.4, 0.5) is 11.4 Å². The third kappa shape index (κ3) is 2.76. The van der Waals surface area contributed by atoms with Gasteiger partial charge in [0, 0.05) is 38.6 Å². The molecule has 1 aliphatic heterocycles. The van der Waals surface area contributed by atoms with E-state index in [1.807, 2.05) is 30.6 Å². The molecule has 0 atom stereocenters. The third-order valence-corrected chi connectivity index (χ3v) is 4.50. The first kappa shape index (κ1) is 13.7. The topological polar surface area (TPSA) is 19.4 Å². The van der Waals surface area contributed by atoms with Crippen molar-refractivity contribution in [3.63, 3.8) is 0 Å². The van der Waals surface area contributed by atoms with Gasteiger partial charge in [-0.25, -0.2) is 0 Å². The second kappa shape index (κ2) is 6.02. The number of nitrogens with zero attached hydrogens (tertiary/aromatic N) is 3. The molecule has 20 heavy (non-hydrogen) atoms. The number of aromatic nitrogens is 1. The van der Waals surface area contributed by atoms with E-state index >= 15 is 0 Å². The molecule has 2 heterocycles. The number of pyridine rings is 1. The Balaban J connectivity index is 1.72. The normalized spacial score (nSPS) is 15.5.